The van der Waals surface area contributed by atoms with Gasteiger partial charge in [0.2, 0.25) is 0 Å². The second-order valence-electron chi connectivity index (χ2n) is 9.81. The molecular formula is C30H34FNO4S. The van der Waals surface area contributed by atoms with Crippen LogP contribution in [0.15, 0.2) is 54.6 Å². The zero-order valence-corrected chi connectivity index (χ0v) is 22.2. The zero-order valence-electron chi connectivity index (χ0n) is 21.4. The monoisotopic (exact) mass is 523 g/mol. The largest absolute Gasteiger partial charge is 0.491 e. The third-order valence-corrected chi connectivity index (χ3v) is 7.80. The highest BCUT2D eigenvalue weighted by Gasteiger charge is 2.30. The van der Waals surface area contributed by atoms with Gasteiger partial charge in [0.05, 0.1) is 0 Å². The lowest BCUT2D eigenvalue weighted by Gasteiger charge is -2.31. The van der Waals surface area contributed by atoms with Crippen molar-refractivity contribution in [3.05, 3.63) is 82.7 Å². The molecule has 196 valence electrons. The highest BCUT2D eigenvalue weighted by Crippen LogP contribution is 2.33. The molecule has 37 heavy (non-hydrogen) atoms. The molecule has 0 unspecified atom stereocenters. The Morgan fingerprint density at radius 1 is 1.08 bits per heavy atom. The fraction of sp³-hybridized carbons (Fsp3) is 0.367. The molecule has 7 heteroatoms. The topological polar surface area (TPSA) is 78.8 Å². The lowest BCUT2D eigenvalue weighted by atomic mass is 9.94. The third-order valence-electron chi connectivity index (χ3n) is 6.81. The van der Waals surface area contributed by atoms with Crippen LogP contribution in [-0.2, 0) is 17.8 Å². The minimum absolute atomic E-state index is 0.0934. The van der Waals surface area contributed by atoms with Crippen LogP contribution in [0.1, 0.15) is 41.5 Å². The first kappa shape index (κ1) is 27.0. The summed E-state index contributed by atoms with van der Waals surface area (Å²) in [4.78, 5) is 10.7. The van der Waals surface area contributed by atoms with Gasteiger partial charge in [-0.1, -0.05) is 24.3 Å². The predicted octanol–water partition coefficient (Wildman–Crippen LogP) is 6.38. The summed E-state index contributed by atoms with van der Waals surface area (Å²) in [6.07, 6.45) is 1.60. The van der Waals surface area contributed by atoms with Crippen molar-refractivity contribution in [3.8, 4) is 16.9 Å². The van der Waals surface area contributed by atoms with Crippen LogP contribution in [0.5, 0.6) is 5.75 Å². The van der Waals surface area contributed by atoms with Crippen LogP contribution >= 0.6 is 11.8 Å². The fourth-order valence-electron chi connectivity index (χ4n) is 4.72. The number of carboxylic acids is 1. The van der Waals surface area contributed by atoms with Gasteiger partial charge in [0.15, 0.2) is 0 Å². The zero-order chi connectivity index (χ0) is 26.4. The average Bonchev–Trinajstić information content (AvgIpc) is 2.86. The van der Waals surface area contributed by atoms with Crippen LogP contribution in [0.3, 0.4) is 0 Å². The van der Waals surface area contributed by atoms with Gasteiger partial charge in [0.1, 0.15) is 23.8 Å². The lowest BCUT2D eigenvalue weighted by molar-refractivity contribution is -0.136. The minimum Gasteiger partial charge on any atom is -0.491 e. The van der Waals surface area contributed by atoms with Gasteiger partial charge in [-0.3, -0.25) is 4.79 Å². The Morgan fingerprint density at radius 3 is 2.49 bits per heavy atom. The summed E-state index contributed by atoms with van der Waals surface area (Å²) in [5.41, 5.74) is 5.82. The number of ether oxygens (including phenoxy) is 1. The number of thioether (sulfide) groups is 1. The van der Waals surface area contributed by atoms with Crippen molar-refractivity contribution >= 4 is 23.4 Å². The van der Waals surface area contributed by atoms with Crippen molar-refractivity contribution in [2.24, 2.45) is 0 Å². The maximum absolute atomic E-state index is 14.4. The molecule has 1 heterocycles. The Balaban J connectivity index is 1.42. The molecule has 0 atom stereocenters. The van der Waals surface area contributed by atoms with Crippen molar-refractivity contribution in [2.75, 3.05) is 23.4 Å². The van der Waals surface area contributed by atoms with Crippen molar-refractivity contribution in [3.63, 3.8) is 0 Å². The number of nitrogens with one attached hydrogen (secondary N) is 1. The summed E-state index contributed by atoms with van der Waals surface area (Å²) in [6, 6.07) is 17.1. The number of aliphatic carboxylic acids is 1. The SMILES string of the molecule is Cc1cc(OCC2(O)CCSCC2)cc(C)c1-c1cccc(CNc2ccc(CCC(=O)O)c(F)c2)c1. The number of benzene rings is 3. The first-order chi connectivity index (χ1) is 17.7. The maximum Gasteiger partial charge on any atom is 0.303 e. The molecule has 3 aromatic carbocycles. The number of aryl methyl sites for hydroxylation is 3. The van der Waals surface area contributed by atoms with Gasteiger partial charge in [-0.2, -0.15) is 11.8 Å². The normalized spacial score (nSPS) is 14.8. The van der Waals surface area contributed by atoms with Gasteiger partial charge < -0.3 is 20.3 Å². The second kappa shape index (κ2) is 12.0. The van der Waals surface area contributed by atoms with Crippen LogP contribution in [0.25, 0.3) is 11.1 Å². The number of halogens is 1. The fourth-order valence-corrected chi connectivity index (χ4v) is 5.97. The van der Waals surface area contributed by atoms with E-state index in [2.05, 4.69) is 31.3 Å². The number of hydrogen-bond acceptors (Lipinski definition) is 5. The van der Waals surface area contributed by atoms with E-state index in [-0.39, 0.29) is 12.8 Å². The van der Waals surface area contributed by atoms with Gasteiger partial charge in [0.25, 0.3) is 0 Å². The Morgan fingerprint density at radius 2 is 1.81 bits per heavy atom. The molecule has 0 saturated carbocycles. The number of anilines is 1. The van der Waals surface area contributed by atoms with Crippen molar-refractivity contribution in [1.29, 1.82) is 0 Å². The molecule has 0 aromatic heterocycles. The van der Waals surface area contributed by atoms with Crippen molar-refractivity contribution < 1.29 is 24.1 Å². The van der Waals surface area contributed by atoms with Crippen molar-refractivity contribution in [1.82, 2.24) is 0 Å². The molecular weight excluding hydrogens is 489 g/mol. The minimum atomic E-state index is -0.939. The van der Waals surface area contributed by atoms with Crippen molar-refractivity contribution in [2.45, 2.75) is 51.7 Å². The Hall–Kier alpha value is -3.03. The van der Waals surface area contributed by atoms with E-state index in [4.69, 9.17) is 9.84 Å². The summed E-state index contributed by atoms with van der Waals surface area (Å²) < 4.78 is 20.4. The number of carbonyl (C=O) groups is 1. The second-order valence-corrected chi connectivity index (χ2v) is 11.0. The molecule has 0 amide bonds. The highest BCUT2D eigenvalue weighted by atomic mass is 32.2. The standard InChI is InChI=1S/C30H34FNO4S/c1-20-14-26(36-19-30(35)10-12-37-13-11-30)15-21(2)29(20)24-5-3-4-22(16-24)18-32-25-8-6-23(27(31)17-25)7-9-28(33)34/h3-6,8,14-17,32,35H,7,9-13,18-19H2,1-2H3,(H,33,34). The molecule has 1 saturated heterocycles. The first-order valence-electron chi connectivity index (χ1n) is 12.6. The summed E-state index contributed by atoms with van der Waals surface area (Å²) in [5.74, 6) is 1.37. The number of aliphatic hydroxyl groups is 1. The van der Waals surface area contributed by atoms with Gasteiger partial charge in [-0.05, 0) is 108 Å². The molecule has 0 bridgehead atoms. The molecule has 1 aliphatic heterocycles. The molecule has 0 radical (unpaired) electrons. The van der Waals surface area contributed by atoms with E-state index < -0.39 is 17.4 Å². The summed E-state index contributed by atoms with van der Waals surface area (Å²) >= 11 is 1.88. The van der Waals surface area contributed by atoms with E-state index >= 15 is 0 Å². The molecule has 4 rings (SSSR count). The number of rotatable bonds is 10. The van der Waals surface area contributed by atoms with E-state index in [0.29, 0.717) is 24.4 Å². The van der Waals surface area contributed by atoms with E-state index in [1.807, 2.05) is 36.0 Å². The van der Waals surface area contributed by atoms with E-state index in [0.717, 1.165) is 57.9 Å². The Labute approximate surface area is 222 Å². The average molecular weight is 524 g/mol. The highest BCUT2D eigenvalue weighted by molar-refractivity contribution is 7.99. The molecule has 0 aliphatic carbocycles. The summed E-state index contributed by atoms with van der Waals surface area (Å²) in [5, 5.41) is 22.8. The molecule has 1 aliphatic rings. The summed E-state index contributed by atoms with van der Waals surface area (Å²) in [7, 11) is 0. The maximum atomic E-state index is 14.4. The van der Waals surface area contributed by atoms with E-state index in [9.17, 15) is 14.3 Å². The molecule has 1 fully saturated rings. The molecule has 5 nitrogen and oxygen atoms in total. The molecule has 3 aromatic rings. The number of hydrogen-bond donors (Lipinski definition) is 3. The smallest absolute Gasteiger partial charge is 0.303 e. The van der Waals surface area contributed by atoms with Gasteiger partial charge in [-0.25, -0.2) is 4.39 Å². The van der Waals surface area contributed by atoms with Crippen LogP contribution in [0.4, 0.5) is 10.1 Å². The van der Waals surface area contributed by atoms with Gasteiger partial charge in [-0.15, -0.1) is 0 Å². The van der Waals surface area contributed by atoms with E-state index in [1.54, 1.807) is 12.1 Å². The first-order valence-corrected chi connectivity index (χ1v) is 13.8. The van der Waals surface area contributed by atoms with E-state index in [1.165, 1.54) is 6.07 Å². The Bertz CT molecular complexity index is 1230. The quantitative estimate of drug-likeness (QED) is 0.286. The lowest BCUT2D eigenvalue weighted by Crippen LogP contribution is -2.39. The summed E-state index contributed by atoms with van der Waals surface area (Å²) in [6.45, 7) is 4.98. The third kappa shape index (κ3) is 7.27. The Kier molecular flexibility index (Phi) is 8.77. The molecule has 0 spiro atoms. The van der Waals surface area contributed by atoms with Gasteiger partial charge >= 0.3 is 5.97 Å². The molecule has 3 N–H and O–H groups in total. The van der Waals surface area contributed by atoms with Crippen LogP contribution < -0.4 is 10.1 Å². The van der Waals surface area contributed by atoms with Crippen LogP contribution in [0, 0.1) is 19.7 Å². The van der Waals surface area contributed by atoms with Crippen LogP contribution in [0.2, 0.25) is 0 Å². The van der Waals surface area contributed by atoms with Crippen LogP contribution in [-0.4, -0.2) is 39.9 Å². The number of carboxylic acid groups (broad SMARTS) is 1. The predicted molar refractivity (Wildman–Crippen MR) is 148 cm³/mol. The van der Waals surface area contributed by atoms with Gasteiger partial charge in [0, 0.05) is 18.7 Å².